The van der Waals surface area contributed by atoms with Crippen LogP contribution in [-0.4, -0.2) is 0 Å². The van der Waals surface area contributed by atoms with Crippen LogP contribution < -0.4 is 0 Å². The normalized spacial score (nSPS) is 10.3. The highest BCUT2D eigenvalue weighted by molar-refractivity contribution is 5.63. The monoisotopic (exact) mass is 262 g/mol. The highest BCUT2D eigenvalue weighted by Crippen LogP contribution is 2.20. The van der Waals surface area contributed by atoms with Gasteiger partial charge in [0.15, 0.2) is 0 Å². The number of allylic oxidation sites excluding steroid dienone is 1. The molecule has 0 heterocycles. The minimum Gasteiger partial charge on any atom is -0.207 e. The Hall–Kier alpha value is -2.03. The van der Waals surface area contributed by atoms with Crippen LogP contribution >= 0.6 is 0 Å². The van der Waals surface area contributed by atoms with Gasteiger partial charge in [-0.1, -0.05) is 36.4 Å². The molecule has 2 rings (SSSR count). The van der Waals surface area contributed by atoms with Crippen molar-refractivity contribution in [2.45, 2.75) is 12.8 Å². The third-order valence-electron chi connectivity index (χ3n) is 2.86. The van der Waals surface area contributed by atoms with E-state index in [0.717, 1.165) is 22.8 Å². The Morgan fingerprint density at radius 1 is 0.842 bits per heavy atom. The van der Waals surface area contributed by atoms with E-state index in [1.807, 2.05) is 24.3 Å². The summed E-state index contributed by atoms with van der Waals surface area (Å²) >= 11 is 0. The van der Waals surface area contributed by atoms with Crippen LogP contribution in [0.4, 0.5) is 13.2 Å². The molecule has 0 radical (unpaired) electrons. The summed E-state index contributed by atoms with van der Waals surface area (Å²) in [5.41, 5.74) is 2.92. The van der Waals surface area contributed by atoms with Gasteiger partial charge in [0.1, 0.15) is 5.82 Å². The summed E-state index contributed by atoms with van der Waals surface area (Å²) in [5, 5.41) is 0. The summed E-state index contributed by atoms with van der Waals surface area (Å²) in [6, 6.07) is 13.9. The second kappa shape index (κ2) is 6.23. The Balaban J connectivity index is 2.06. The van der Waals surface area contributed by atoms with E-state index in [2.05, 4.69) is 0 Å². The van der Waals surface area contributed by atoms with Crippen LogP contribution in [-0.2, 0) is 6.42 Å². The van der Waals surface area contributed by atoms with Crippen molar-refractivity contribution >= 4 is 0 Å². The van der Waals surface area contributed by atoms with Gasteiger partial charge in [0, 0.05) is 0 Å². The lowest BCUT2D eigenvalue weighted by atomic mass is 10.0. The van der Waals surface area contributed by atoms with Crippen LogP contribution in [0.2, 0.25) is 0 Å². The van der Waals surface area contributed by atoms with Crippen molar-refractivity contribution in [1.82, 2.24) is 0 Å². The second-order valence-electron chi connectivity index (χ2n) is 4.24. The molecule has 0 aliphatic carbocycles. The van der Waals surface area contributed by atoms with Crippen LogP contribution in [0.5, 0.6) is 0 Å². The summed E-state index contributed by atoms with van der Waals surface area (Å²) < 4.78 is 36.6. The van der Waals surface area contributed by atoms with Gasteiger partial charge in [0.2, 0.25) is 0 Å². The second-order valence-corrected chi connectivity index (χ2v) is 4.24. The summed E-state index contributed by atoms with van der Waals surface area (Å²) in [6.45, 7) is 0. The Kier molecular flexibility index (Phi) is 4.39. The van der Waals surface area contributed by atoms with Gasteiger partial charge in [-0.05, 0) is 47.7 Å². The number of halogens is 3. The first-order chi connectivity index (χ1) is 9.15. The SMILES string of the molecule is FC(F)=CCCc1ccc(-c2ccc(F)cc2)cc1. The molecule has 0 aliphatic rings. The van der Waals surface area contributed by atoms with Crippen molar-refractivity contribution in [3.05, 3.63) is 72.1 Å². The lowest BCUT2D eigenvalue weighted by molar-refractivity contribution is 0.417. The lowest BCUT2D eigenvalue weighted by Gasteiger charge is -2.03. The molecule has 0 amide bonds. The van der Waals surface area contributed by atoms with E-state index in [9.17, 15) is 13.2 Å². The molecular formula is C16H13F3. The van der Waals surface area contributed by atoms with E-state index in [1.165, 1.54) is 12.1 Å². The molecule has 0 bridgehead atoms. The number of hydrogen-bond donors (Lipinski definition) is 0. The van der Waals surface area contributed by atoms with E-state index >= 15 is 0 Å². The fourth-order valence-electron chi connectivity index (χ4n) is 1.85. The molecular weight excluding hydrogens is 249 g/mol. The van der Waals surface area contributed by atoms with Crippen LogP contribution in [0, 0.1) is 5.82 Å². The average molecular weight is 262 g/mol. The van der Waals surface area contributed by atoms with Crippen LogP contribution in [0.3, 0.4) is 0 Å². The number of rotatable bonds is 4. The molecule has 0 aromatic heterocycles. The topological polar surface area (TPSA) is 0 Å². The lowest BCUT2D eigenvalue weighted by Crippen LogP contribution is -1.85. The summed E-state index contributed by atoms with van der Waals surface area (Å²) in [4.78, 5) is 0. The molecule has 0 nitrogen and oxygen atoms in total. The third kappa shape index (κ3) is 3.98. The van der Waals surface area contributed by atoms with Gasteiger partial charge in [-0.3, -0.25) is 0 Å². The molecule has 0 saturated carbocycles. The Morgan fingerprint density at radius 2 is 1.37 bits per heavy atom. The Bertz CT molecular complexity index is 550. The molecule has 0 atom stereocenters. The largest absolute Gasteiger partial charge is 0.266 e. The van der Waals surface area contributed by atoms with Gasteiger partial charge in [0.25, 0.3) is 6.08 Å². The first kappa shape index (κ1) is 13.4. The van der Waals surface area contributed by atoms with Crippen molar-refractivity contribution in [2.75, 3.05) is 0 Å². The third-order valence-corrected chi connectivity index (χ3v) is 2.86. The smallest absolute Gasteiger partial charge is 0.207 e. The standard InChI is InChI=1S/C16H13F3/c17-15-10-8-14(9-11-15)13-6-4-12(5-7-13)2-1-3-16(18)19/h3-11H,1-2H2. The molecule has 0 aliphatic heterocycles. The van der Waals surface area contributed by atoms with Gasteiger partial charge in [-0.2, -0.15) is 8.78 Å². The van der Waals surface area contributed by atoms with E-state index < -0.39 is 6.08 Å². The zero-order valence-electron chi connectivity index (χ0n) is 10.2. The van der Waals surface area contributed by atoms with Crippen molar-refractivity contribution in [1.29, 1.82) is 0 Å². The van der Waals surface area contributed by atoms with Gasteiger partial charge in [0.05, 0.1) is 0 Å². The summed E-state index contributed by atoms with van der Waals surface area (Å²) in [6.07, 6.45) is 0.204. The van der Waals surface area contributed by atoms with Crippen LogP contribution in [0.15, 0.2) is 60.7 Å². The maximum absolute atomic E-state index is 12.8. The number of aryl methyl sites for hydroxylation is 1. The summed E-state index contributed by atoms with van der Waals surface area (Å²) in [5.74, 6) is -0.264. The van der Waals surface area contributed by atoms with Gasteiger partial charge >= 0.3 is 0 Å². The molecule has 19 heavy (non-hydrogen) atoms. The molecule has 3 heteroatoms. The average Bonchev–Trinajstić information content (AvgIpc) is 2.40. The van der Waals surface area contributed by atoms with Gasteiger partial charge in [-0.15, -0.1) is 0 Å². The van der Waals surface area contributed by atoms with E-state index in [4.69, 9.17) is 0 Å². The molecule has 0 unspecified atom stereocenters. The first-order valence-corrected chi connectivity index (χ1v) is 6.01. The number of benzene rings is 2. The maximum atomic E-state index is 12.8. The predicted octanol–water partition coefficient (Wildman–Crippen LogP) is 5.21. The predicted molar refractivity (Wildman–Crippen MR) is 70.5 cm³/mol. The minimum atomic E-state index is -1.64. The highest BCUT2D eigenvalue weighted by Gasteiger charge is 1.99. The van der Waals surface area contributed by atoms with Gasteiger partial charge < -0.3 is 0 Å². The molecule has 0 saturated heterocycles. The van der Waals surface area contributed by atoms with Crippen LogP contribution in [0.1, 0.15) is 12.0 Å². The van der Waals surface area contributed by atoms with E-state index in [1.54, 1.807) is 12.1 Å². The van der Waals surface area contributed by atoms with Crippen LogP contribution in [0.25, 0.3) is 11.1 Å². The maximum Gasteiger partial charge on any atom is 0.266 e. The zero-order chi connectivity index (χ0) is 13.7. The van der Waals surface area contributed by atoms with Gasteiger partial charge in [-0.25, -0.2) is 4.39 Å². The Labute approximate surface area is 110 Å². The minimum absolute atomic E-state index is 0.264. The molecule has 0 spiro atoms. The molecule has 2 aromatic rings. The van der Waals surface area contributed by atoms with Crippen molar-refractivity contribution in [2.24, 2.45) is 0 Å². The number of hydrogen-bond acceptors (Lipinski definition) is 0. The van der Waals surface area contributed by atoms with E-state index in [0.29, 0.717) is 12.8 Å². The fourth-order valence-corrected chi connectivity index (χ4v) is 1.85. The Morgan fingerprint density at radius 3 is 1.89 bits per heavy atom. The fraction of sp³-hybridized carbons (Fsp3) is 0.125. The quantitative estimate of drug-likeness (QED) is 0.710. The first-order valence-electron chi connectivity index (χ1n) is 6.01. The molecule has 0 N–H and O–H groups in total. The highest BCUT2D eigenvalue weighted by atomic mass is 19.3. The molecule has 98 valence electrons. The van der Waals surface area contributed by atoms with Crippen molar-refractivity contribution in [3.8, 4) is 11.1 Å². The van der Waals surface area contributed by atoms with Crippen molar-refractivity contribution in [3.63, 3.8) is 0 Å². The van der Waals surface area contributed by atoms with E-state index in [-0.39, 0.29) is 5.82 Å². The zero-order valence-corrected chi connectivity index (χ0v) is 10.2. The summed E-state index contributed by atoms with van der Waals surface area (Å²) in [7, 11) is 0. The molecule has 0 fully saturated rings. The van der Waals surface area contributed by atoms with Crippen molar-refractivity contribution < 1.29 is 13.2 Å². The molecule has 2 aromatic carbocycles.